The lowest BCUT2D eigenvalue weighted by Crippen LogP contribution is -2.54. The topological polar surface area (TPSA) is 221 Å². The number of ether oxygens (including phenoxy) is 1. The molecule has 0 unspecified atom stereocenters. The molecule has 1 heterocycles. The van der Waals surface area contributed by atoms with Gasteiger partial charge in [0, 0.05) is 32.7 Å². The Kier molecular flexibility index (Phi) is 13.7. The molecule has 1 aromatic rings. The molecule has 0 fully saturated rings. The molecule has 2 rings (SSSR count). The molecule has 14 heteroatoms. The number of fused-ring (bicyclic) bond motifs is 1. The van der Waals surface area contributed by atoms with Gasteiger partial charge >= 0.3 is 0 Å². The first-order chi connectivity index (χ1) is 18.5. The third-order valence-corrected chi connectivity index (χ3v) is 6.93. The lowest BCUT2D eigenvalue weighted by atomic mass is 10.0. The van der Waals surface area contributed by atoms with Gasteiger partial charge in [0.15, 0.2) is 0 Å². The molecule has 0 amide bonds. The van der Waals surface area contributed by atoms with E-state index in [1.54, 1.807) is 0 Å². The zero-order chi connectivity index (χ0) is 29.3. The van der Waals surface area contributed by atoms with Gasteiger partial charge in [0.05, 0.1) is 43.4 Å². The van der Waals surface area contributed by atoms with E-state index in [1.807, 2.05) is 38.1 Å². The summed E-state index contributed by atoms with van der Waals surface area (Å²) in [5, 5.41) is 98.7. The maximum Gasteiger partial charge on any atom is 0.210 e. The summed E-state index contributed by atoms with van der Waals surface area (Å²) in [7, 11) is 0. The Morgan fingerprint density at radius 1 is 0.692 bits per heavy atom. The average Bonchev–Trinajstić information content (AvgIpc) is 3.26. The first-order valence-corrected chi connectivity index (χ1v) is 13.1. The van der Waals surface area contributed by atoms with E-state index in [2.05, 4.69) is 9.80 Å². The van der Waals surface area contributed by atoms with Gasteiger partial charge in [0.1, 0.15) is 36.6 Å². The van der Waals surface area contributed by atoms with E-state index in [9.17, 15) is 40.9 Å². The number of aliphatic hydroxyl groups is 10. The Balaban J connectivity index is 2.13. The lowest BCUT2D eigenvalue weighted by molar-refractivity contribution is -0.131. The second-order valence-corrected chi connectivity index (χ2v) is 9.61. The molecule has 8 atom stereocenters. The SMILES string of the molecule is CCN1c2ccccc2N(CC)C1OCCN(C[C@H](O)[C@@H](O)[C@H](O)[C@H](O)CO)C[C@H](O)[C@@H](O)[C@H](O)[C@H](O)CO. The molecule has 0 aliphatic carbocycles. The summed E-state index contributed by atoms with van der Waals surface area (Å²) in [6, 6.07) is 7.85. The first-order valence-electron chi connectivity index (χ1n) is 13.1. The molecule has 0 spiro atoms. The summed E-state index contributed by atoms with van der Waals surface area (Å²) >= 11 is 0. The molecule has 1 aromatic carbocycles. The molecule has 0 saturated carbocycles. The number of aliphatic hydroxyl groups excluding tert-OH is 10. The quantitative estimate of drug-likeness (QED) is 0.0819. The minimum Gasteiger partial charge on any atom is -0.394 e. The van der Waals surface area contributed by atoms with Crippen molar-refractivity contribution in [3.63, 3.8) is 0 Å². The van der Waals surface area contributed by atoms with Crippen molar-refractivity contribution in [2.24, 2.45) is 0 Å². The number of hydrogen-bond donors (Lipinski definition) is 10. The van der Waals surface area contributed by atoms with Crippen molar-refractivity contribution in [2.45, 2.75) is 69.0 Å². The van der Waals surface area contributed by atoms with E-state index in [4.69, 9.17) is 14.9 Å². The van der Waals surface area contributed by atoms with Crippen molar-refractivity contribution >= 4 is 11.4 Å². The van der Waals surface area contributed by atoms with Crippen LogP contribution in [0.1, 0.15) is 13.8 Å². The predicted molar refractivity (Wildman–Crippen MR) is 141 cm³/mol. The highest BCUT2D eigenvalue weighted by atomic mass is 16.5. The summed E-state index contributed by atoms with van der Waals surface area (Å²) in [4.78, 5) is 5.55. The van der Waals surface area contributed by atoms with Crippen LogP contribution in [0.2, 0.25) is 0 Å². The summed E-state index contributed by atoms with van der Waals surface area (Å²) in [6.45, 7) is 3.03. The molecule has 0 bridgehead atoms. The van der Waals surface area contributed by atoms with Crippen molar-refractivity contribution in [3.05, 3.63) is 24.3 Å². The fraction of sp³-hybridized carbons (Fsp3) is 0.760. The summed E-state index contributed by atoms with van der Waals surface area (Å²) in [5.41, 5.74) is 2.02. The third-order valence-electron chi connectivity index (χ3n) is 6.93. The smallest absolute Gasteiger partial charge is 0.210 e. The molecule has 0 aromatic heterocycles. The van der Waals surface area contributed by atoms with E-state index < -0.39 is 68.4 Å². The van der Waals surface area contributed by atoms with E-state index >= 15 is 0 Å². The van der Waals surface area contributed by atoms with Crippen LogP contribution < -0.4 is 9.80 Å². The van der Waals surface area contributed by atoms with Gasteiger partial charge in [-0.25, -0.2) is 0 Å². The normalized spacial score (nSPS) is 20.4. The van der Waals surface area contributed by atoms with Crippen LogP contribution >= 0.6 is 0 Å². The van der Waals surface area contributed by atoms with Crippen molar-refractivity contribution < 1.29 is 55.8 Å². The van der Waals surface area contributed by atoms with Gasteiger partial charge in [0.2, 0.25) is 6.35 Å². The Morgan fingerprint density at radius 2 is 1.08 bits per heavy atom. The highest BCUT2D eigenvalue weighted by Gasteiger charge is 2.36. The molecule has 14 nitrogen and oxygen atoms in total. The second-order valence-electron chi connectivity index (χ2n) is 9.61. The van der Waals surface area contributed by atoms with Crippen LogP contribution in [0.4, 0.5) is 11.4 Å². The number of anilines is 2. The fourth-order valence-corrected chi connectivity index (χ4v) is 4.60. The standard InChI is InChI=1S/C25H45N3O11/c1-3-27-15-7-5-6-8-16(15)28(4-2)25(27)39-10-9-26(11-17(31)21(35)23(37)19(33)13-29)12-18(32)22(36)24(38)20(34)14-30/h5-8,17-25,29-38H,3-4,9-14H2,1-2H3/t17-,18-,19+,20+,21+,22+,23+,24+/m0/s1. The molecule has 0 radical (unpaired) electrons. The lowest BCUT2D eigenvalue weighted by Gasteiger charge is -2.35. The summed E-state index contributed by atoms with van der Waals surface area (Å²) < 4.78 is 6.19. The third kappa shape index (κ3) is 8.42. The molecule has 1 aliphatic heterocycles. The highest BCUT2D eigenvalue weighted by Crippen LogP contribution is 2.39. The number of hydrogen-bond acceptors (Lipinski definition) is 14. The van der Waals surface area contributed by atoms with E-state index in [0.29, 0.717) is 13.1 Å². The minimum absolute atomic E-state index is 0.0623. The maximum absolute atomic E-state index is 10.5. The van der Waals surface area contributed by atoms with E-state index in [-0.39, 0.29) is 26.2 Å². The molecular formula is C25H45N3O11. The number of nitrogens with zero attached hydrogens (tertiary/aromatic N) is 3. The Hall–Kier alpha value is -1.66. The largest absolute Gasteiger partial charge is 0.394 e. The maximum atomic E-state index is 10.5. The van der Waals surface area contributed by atoms with Gasteiger partial charge in [-0.15, -0.1) is 0 Å². The van der Waals surface area contributed by atoms with Gasteiger partial charge in [-0.05, 0) is 26.0 Å². The predicted octanol–water partition coefficient (Wildman–Crippen LogP) is -4.17. The van der Waals surface area contributed by atoms with Gasteiger partial charge in [-0.3, -0.25) is 4.90 Å². The van der Waals surface area contributed by atoms with E-state index in [1.165, 1.54) is 4.90 Å². The number of para-hydroxylation sites is 2. The zero-order valence-corrected chi connectivity index (χ0v) is 22.4. The van der Waals surface area contributed by atoms with Crippen molar-refractivity contribution in [1.82, 2.24) is 4.90 Å². The molecular weight excluding hydrogens is 518 g/mol. The molecule has 1 aliphatic rings. The zero-order valence-electron chi connectivity index (χ0n) is 22.4. The van der Waals surface area contributed by atoms with E-state index in [0.717, 1.165) is 11.4 Å². The number of rotatable bonds is 18. The van der Waals surface area contributed by atoms with Crippen molar-refractivity contribution in [3.8, 4) is 0 Å². The van der Waals surface area contributed by atoms with Crippen molar-refractivity contribution in [1.29, 1.82) is 0 Å². The van der Waals surface area contributed by atoms with Gasteiger partial charge in [0.25, 0.3) is 0 Å². The van der Waals surface area contributed by atoms with Crippen LogP contribution in [-0.4, -0.2) is 164 Å². The molecule has 39 heavy (non-hydrogen) atoms. The Morgan fingerprint density at radius 3 is 1.44 bits per heavy atom. The second kappa shape index (κ2) is 16.0. The summed E-state index contributed by atoms with van der Waals surface area (Å²) in [5.74, 6) is 0. The molecule has 0 saturated heterocycles. The van der Waals surface area contributed by atoms with Gasteiger partial charge in [-0.2, -0.15) is 0 Å². The van der Waals surface area contributed by atoms with Crippen LogP contribution in [0.25, 0.3) is 0 Å². The fourth-order valence-electron chi connectivity index (χ4n) is 4.60. The monoisotopic (exact) mass is 563 g/mol. The molecule has 226 valence electrons. The Labute approximate surface area is 228 Å². The minimum atomic E-state index is -1.85. The van der Waals surface area contributed by atoms with Crippen LogP contribution in [0.15, 0.2) is 24.3 Å². The van der Waals surface area contributed by atoms with Crippen LogP contribution in [0.5, 0.6) is 0 Å². The Bertz CT molecular complexity index is 779. The highest BCUT2D eigenvalue weighted by molar-refractivity contribution is 5.76. The summed E-state index contributed by atoms with van der Waals surface area (Å²) in [6.07, 6.45) is -14.5. The van der Waals surface area contributed by atoms with Crippen LogP contribution in [0.3, 0.4) is 0 Å². The van der Waals surface area contributed by atoms with Gasteiger partial charge < -0.3 is 65.6 Å². The van der Waals surface area contributed by atoms with Crippen LogP contribution in [-0.2, 0) is 4.74 Å². The van der Waals surface area contributed by atoms with Crippen LogP contribution in [0, 0.1) is 0 Å². The average molecular weight is 564 g/mol. The first kappa shape index (κ1) is 33.5. The van der Waals surface area contributed by atoms with Crippen molar-refractivity contribution in [2.75, 3.05) is 62.3 Å². The van der Waals surface area contributed by atoms with Gasteiger partial charge in [-0.1, -0.05) is 12.1 Å². The molecule has 10 N–H and O–H groups in total. The number of benzene rings is 1.